The van der Waals surface area contributed by atoms with E-state index in [2.05, 4.69) is 11.0 Å². The van der Waals surface area contributed by atoms with E-state index in [1.54, 1.807) is 0 Å². The van der Waals surface area contributed by atoms with Gasteiger partial charge in [0.2, 0.25) is 5.91 Å². The number of amides is 1. The molecule has 1 aliphatic carbocycles. The normalized spacial score (nSPS) is 24.1. The van der Waals surface area contributed by atoms with E-state index >= 15 is 0 Å². The van der Waals surface area contributed by atoms with Crippen molar-refractivity contribution in [2.45, 2.75) is 32.6 Å². The van der Waals surface area contributed by atoms with E-state index in [4.69, 9.17) is 28.7 Å². The molecule has 21 heavy (non-hydrogen) atoms. The highest BCUT2D eigenvalue weighted by Gasteiger charge is 2.40. The van der Waals surface area contributed by atoms with Crippen LogP contribution < -0.4 is 16.4 Å². The second-order valence-electron chi connectivity index (χ2n) is 6.28. The van der Waals surface area contributed by atoms with E-state index in [0.29, 0.717) is 11.5 Å². The minimum Gasteiger partial charge on any atom is -0.389 e. The molecule has 2 heterocycles. The lowest BCUT2D eigenvalue weighted by Crippen LogP contribution is -2.37. The van der Waals surface area contributed by atoms with Gasteiger partial charge in [-0.2, -0.15) is 0 Å². The summed E-state index contributed by atoms with van der Waals surface area (Å²) in [6.07, 6.45) is 3.90. The molecule has 2 aliphatic rings. The number of hydrogen-bond acceptors (Lipinski definition) is 4. The van der Waals surface area contributed by atoms with Crippen LogP contribution in [-0.2, 0) is 17.6 Å². The van der Waals surface area contributed by atoms with Gasteiger partial charge in [0.25, 0.3) is 0 Å². The average molecular weight is 304 g/mol. The lowest BCUT2D eigenvalue weighted by molar-refractivity contribution is -0.125. The maximum atomic E-state index is 11.6. The molecule has 1 saturated heterocycles. The number of aromatic nitrogens is 1. The summed E-state index contributed by atoms with van der Waals surface area (Å²) < 4.78 is 0. The van der Waals surface area contributed by atoms with Crippen molar-refractivity contribution in [1.82, 2.24) is 4.98 Å². The largest absolute Gasteiger partial charge is 0.389 e. The molecule has 1 amide bonds. The van der Waals surface area contributed by atoms with Gasteiger partial charge in [0.15, 0.2) is 0 Å². The van der Waals surface area contributed by atoms with Crippen molar-refractivity contribution in [3.63, 3.8) is 0 Å². The molecule has 1 aromatic heterocycles. The van der Waals surface area contributed by atoms with Crippen LogP contribution in [0.5, 0.6) is 0 Å². The number of anilines is 1. The maximum absolute atomic E-state index is 11.6. The summed E-state index contributed by atoms with van der Waals surface area (Å²) in [5, 5.41) is 0. The molecular formula is C15H20N4OS. The van der Waals surface area contributed by atoms with Crippen molar-refractivity contribution >= 4 is 28.9 Å². The number of thiocarbonyl (C=S) groups is 1. The first-order valence-electron chi connectivity index (χ1n) is 7.28. The fraction of sp³-hybridized carbons (Fsp3) is 0.533. The van der Waals surface area contributed by atoms with Crippen molar-refractivity contribution in [3.05, 3.63) is 22.9 Å². The van der Waals surface area contributed by atoms with Crippen molar-refractivity contribution < 1.29 is 4.79 Å². The number of carbonyl (C=O) groups is 1. The zero-order chi connectivity index (χ0) is 15.2. The maximum Gasteiger partial charge on any atom is 0.225 e. The Balaban J connectivity index is 1.99. The highest BCUT2D eigenvalue weighted by atomic mass is 32.1. The van der Waals surface area contributed by atoms with Gasteiger partial charge >= 0.3 is 0 Å². The van der Waals surface area contributed by atoms with Gasteiger partial charge in [-0.25, -0.2) is 4.98 Å². The highest BCUT2D eigenvalue weighted by Crippen LogP contribution is 2.35. The Morgan fingerprint density at radius 2 is 2.19 bits per heavy atom. The molecule has 0 bridgehead atoms. The van der Waals surface area contributed by atoms with E-state index in [0.717, 1.165) is 49.3 Å². The van der Waals surface area contributed by atoms with Crippen LogP contribution in [0.15, 0.2) is 6.07 Å². The first-order valence-corrected chi connectivity index (χ1v) is 7.69. The fourth-order valence-corrected chi connectivity index (χ4v) is 3.38. The third kappa shape index (κ3) is 2.37. The quantitative estimate of drug-likeness (QED) is 0.811. The van der Waals surface area contributed by atoms with Crippen molar-refractivity contribution in [3.8, 4) is 0 Å². The predicted molar refractivity (Wildman–Crippen MR) is 86.3 cm³/mol. The first kappa shape index (κ1) is 14.3. The number of nitrogens with two attached hydrogens (primary N) is 2. The molecular weight excluding hydrogens is 284 g/mol. The number of nitrogens with zero attached hydrogens (tertiary/aromatic N) is 2. The predicted octanol–water partition coefficient (Wildman–Crippen LogP) is 0.906. The van der Waals surface area contributed by atoms with Crippen LogP contribution in [0.4, 0.5) is 5.82 Å². The smallest absolute Gasteiger partial charge is 0.225 e. The number of fused-ring (bicyclic) bond motifs is 1. The first-order chi connectivity index (χ1) is 9.90. The molecule has 0 aromatic carbocycles. The standard InChI is InChI=1S/C15H20N4OS/c1-15(14(17)20)5-6-19(8-15)13-10(12(16)21)7-9-3-2-4-11(9)18-13/h7H,2-6,8H2,1H3,(H2,16,21)(H2,17,20). The zero-order valence-corrected chi connectivity index (χ0v) is 13.0. The Bertz CT molecular complexity index is 630. The van der Waals surface area contributed by atoms with E-state index in [9.17, 15) is 4.79 Å². The Labute approximate surface area is 129 Å². The van der Waals surface area contributed by atoms with Crippen LogP contribution >= 0.6 is 12.2 Å². The topological polar surface area (TPSA) is 85.2 Å². The lowest BCUT2D eigenvalue weighted by atomic mass is 9.89. The van der Waals surface area contributed by atoms with Crippen molar-refractivity contribution in [2.75, 3.05) is 18.0 Å². The SMILES string of the molecule is CC1(C(N)=O)CCN(c2nc3c(cc2C(N)=S)CCC3)C1. The fourth-order valence-electron chi connectivity index (χ4n) is 3.23. The molecule has 3 rings (SSSR count). The second kappa shape index (κ2) is 4.94. The van der Waals surface area contributed by atoms with Gasteiger partial charge in [-0.3, -0.25) is 4.79 Å². The Hall–Kier alpha value is -1.69. The molecule has 6 heteroatoms. The third-order valence-corrected chi connectivity index (χ3v) is 4.88. The molecule has 1 fully saturated rings. The molecule has 1 unspecified atom stereocenters. The van der Waals surface area contributed by atoms with Crippen LogP contribution in [0.1, 0.15) is 36.6 Å². The number of rotatable bonds is 3. The molecule has 4 N–H and O–H groups in total. The molecule has 0 spiro atoms. The molecule has 0 radical (unpaired) electrons. The van der Waals surface area contributed by atoms with Crippen LogP contribution in [0, 0.1) is 5.41 Å². The summed E-state index contributed by atoms with van der Waals surface area (Å²) in [4.78, 5) is 18.9. The van der Waals surface area contributed by atoms with Gasteiger partial charge in [-0.1, -0.05) is 12.2 Å². The Morgan fingerprint density at radius 3 is 2.81 bits per heavy atom. The summed E-state index contributed by atoms with van der Waals surface area (Å²) >= 11 is 5.18. The van der Waals surface area contributed by atoms with Gasteiger partial charge in [-0.05, 0) is 44.2 Å². The van der Waals surface area contributed by atoms with Crippen molar-refractivity contribution in [1.29, 1.82) is 0 Å². The zero-order valence-electron chi connectivity index (χ0n) is 12.2. The van der Waals surface area contributed by atoms with Gasteiger partial charge in [0.05, 0.1) is 11.0 Å². The van der Waals surface area contributed by atoms with Gasteiger partial charge in [0.1, 0.15) is 10.8 Å². The van der Waals surface area contributed by atoms with Crippen molar-refractivity contribution in [2.24, 2.45) is 16.9 Å². The van der Waals surface area contributed by atoms with Gasteiger partial charge in [0, 0.05) is 18.8 Å². The monoisotopic (exact) mass is 304 g/mol. The lowest BCUT2D eigenvalue weighted by Gasteiger charge is -2.24. The minimum atomic E-state index is -0.506. The van der Waals surface area contributed by atoms with E-state index < -0.39 is 5.41 Å². The van der Waals surface area contributed by atoms with Crippen LogP contribution in [0.2, 0.25) is 0 Å². The molecule has 1 aliphatic heterocycles. The van der Waals surface area contributed by atoms with Crippen LogP contribution in [-0.4, -0.2) is 29.0 Å². The van der Waals surface area contributed by atoms with Gasteiger partial charge < -0.3 is 16.4 Å². The van der Waals surface area contributed by atoms with Crippen LogP contribution in [0.3, 0.4) is 0 Å². The molecule has 1 atom stereocenters. The Morgan fingerprint density at radius 1 is 1.43 bits per heavy atom. The summed E-state index contributed by atoms with van der Waals surface area (Å²) in [5.41, 5.74) is 14.1. The number of carbonyl (C=O) groups excluding carboxylic acids is 1. The molecule has 5 nitrogen and oxygen atoms in total. The number of primary amides is 1. The third-order valence-electron chi connectivity index (χ3n) is 4.66. The molecule has 1 aromatic rings. The summed E-state index contributed by atoms with van der Waals surface area (Å²) in [6.45, 7) is 3.23. The van der Waals surface area contributed by atoms with E-state index in [-0.39, 0.29) is 5.91 Å². The number of hydrogen-bond donors (Lipinski definition) is 2. The highest BCUT2D eigenvalue weighted by molar-refractivity contribution is 7.80. The minimum absolute atomic E-state index is 0.261. The molecule has 0 saturated carbocycles. The van der Waals surface area contributed by atoms with E-state index in [1.165, 1.54) is 5.56 Å². The average Bonchev–Trinajstić information content (AvgIpc) is 3.03. The second-order valence-corrected chi connectivity index (χ2v) is 6.72. The summed E-state index contributed by atoms with van der Waals surface area (Å²) in [5.74, 6) is 0.552. The summed E-state index contributed by atoms with van der Waals surface area (Å²) in [7, 11) is 0. The number of pyridine rings is 1. The van der Waals surface area contributed by atoms with Crippen LogP contribution in [0.25, 0.3) is 0 Å². The van der Waals surface area contributed by atoms with E-state index in [1.807, 2.05) is 6.92 Å². The summed E-state index contributed by atoms with van der Waals surface area (Å²) in [6, 6.07) is 2.08. The molecule has 112 valence electrons. The Kier molecular flexibility index (Phi) is 3.36. The number of aryl methyl sites for hydroxylation is 2. The van der Waals surface area contributed by atoms with Gasteiger partial charge in [-0.15, -0.1) is 0 Å².